The van der Waals surface area contributed by atoms with Crippen molar-refractivity contribution < 1.29 is 23.4 Å². The summed E-state index contributed by atoms with van der Waals surface area (Å²) in [6.07, 6.45) is 2.32. The van der Waals surface area contributed by atoms with Gasteiger partial charge in [-0.1, -0.05) is 6.07 Å². The number of fused-ring (bicyclic) bond motifs is 1. The summed E-state index contributed by atoms with van der Waals surface area (Å²) in [7, 11) is 4.84. The number of hydrogen-bond donors (Lipinski definition) is 1. The first-order chi connectivity index (χ1) is 14.2. The van der Waals surface area contributed by atoms with Crippen LogP contribution in [0.2, 0.25) is 0 Å². The van der Waals surface area contributed by atoms with E-state index in [1.807, 2.05) is 29.2 Å². The number of amides is 1. The highest BCUT2D eigenvalue weighted by molar-refractivity contribution is 6.00. The molecule has 0 spiro atoms. The van der Waals surface area contributed by atoms with Crippen LogP contribution >= 0.6 is 0 Å². The van der Waals surface area contributed by atoms with Gasteiger partial charge in [-0.25, -0.2) is 0 Å². The molecule has 2 aromatic heterocycles. The number of benzene rings is 1. The summed E-state index contributed by atoms with van der Waals surface area (Å²) < 4.78 is 21.6. The molecule has 4 rings (SSSR count). The average molecular weight is 397 g/mol. The summed E-state index contributed by atoms with van der Waals surface area (Å²) in [5, 5.41) is 7.28. The second kappa shape index (κ2) is 8.00. The molecule has 0 bridgehead atoms. The monoisotopic (exact) mass is 397 g/mol. The van der Waals surface area contributed by atoms with E-state index in [0.29, 0.717) is 41.8 Å². The third kappa shape index (κ3) is 3.25. The molecule has 29 heavy (non-hydrogen) atoms. The van der Waals surface area contributed by atoms with E-state index in [9.17, 15) is 4.79 Å². The van der Waals surface area contributed by atoms with Crippen LogP contribution in [0.1, 0.15) is 34.1 Å². The lowest BCUT2D eigenvalue weighted by atomic mass is 9.97. The molecule has 1 amide bonds. The molecule has 0 fully saturated rings. The van der Waals surface area contributed by atoms with Crippen LogP contribution in [0.15, 0.2) is 41.0 Å². The Kier molecular flexibility index (Phi) is 5.26. The Hall–Kier alpha value is -3.26. The molecule has 0 saturated heterocycles. The first kappa shape index (κ1) is 19.1. The molecule has 1 atom stereocenters. The van der Waals surface area contributed by atoms with Gasteiger partial charge >= 0.3 is 0 Å². The first-order valence-electron chi connectivity index (χ1n) is 9.33. The Labute approximate surface area is 168 Å². The van der Waals surface area contributed by atoms with Crippen molar-refractivity contribution in [2.24, 2.45) is 0 Å². The van der Waals surface area contributed by atoms with Gasteiger partial charge in [-0.3, -0.25) is 9.89 Å². The minimum Gasteiger partial charge on any atom is -0.493 e. The third-order valence-corrected chi connectivity index (χ3v) is 5.09. The van der Waals surface area contributed by atoms with Gasteiger partial charge < -0.3 is 23.5 Å². The SMILES string of the molecule is COCCCN1C(=O)c2n[nH]c(-c3ccco3)c2C1c1ccc(OC)c(OC)c1. The van der Waals surface area contributed by atoms with Crippen molar-refractivity contribution in [1.29, 1.82) is 0 Å². The number of aromatic amines is 1. The fraction of sp³-hybridized carbons (Fsp3) is 0.333. The second-order valence-corrected chi connectivity index (χ2v) is 6.70. The van der Waals surface area contributed by atoms with Crippen LogP contribution in [0.25, 0.3) is 11.5 Å². The Morgan fingerprint density at radius 3 is 2.69 bits per heavy atom. The molecule has 0 saturated carbocycles. The fourth-order valence-corrected chi connectivity index (χ4v) is 3.78. The fourth-order valence-electron chi connectivity index (χ4n) is 3.78. The predicted molar refractivity (Wildman–Crippen MR) is 105 cm³/mol. The molecule has 0 radical (unpaired) electrons. The number of nitrogens with one attached hydrogen (secondary N) is 1. The van der Waals surface area contributed by atoms with Crippen LogP contribution in [0.4, 0.5) is 0 Å². The van der Waals surface area contributed by atoms with E-state index >= 15 is 0 Å². The Morgan fingerprint density at radius 1 is 1.17 bits per heavy atom. The zero-order valence-electron chi connectivity index (χ0n) is 16.6. The van der Waals surface area contributed by atoms with E-state index in [2.05, 4.69) is 10.2 Å². The zero-order chi connectivity index (χ0) is 20.4. The van der Waals surface area contributed by atoms with E-state index in [-0.39, 0.29) is 11.9 Å². The molecule has 1 unspecified atom stereocenters. The number of furan rings is 1. The number of H-pyrrole nitrogens is 1. The maximum absolute atomic E-state index is 13.2. The number of hydrogen-bond acceptors (Lipinski definition) is 6. The highest BCUT2D eigenvalue weighted by Gasteiger charge is 2.42. The standard InChI is InChI=1S/C21H23N3O5/c1-26-10-5-9-24-20(13-7-8-14(27-2)16(12-13)28-3)17-18(15-6-4-11-29-15)22-23-19(17)21(24)25/h4,6-8,11-12,20H,5,9-10H2,1-3H3,(H,22,23). The number of methoxy groups -OCH3 is 3. The van der Waals surface area contributed by atoms with Crippen LogP contribution in [-0.2, 0) is 4.74 Å². The summed E-state index contributed by atoms with van der Waals surface area (Å²) in [6, 6.07) is 9.01. The molecule has 3 heterocycles. The molecule has 8 nitrogen and oxygen atoms in total. The molecule has 152 valence electrons. The van der Waals surface area contributed by atoms with Gasteiger partial charge in [-0.2, -0.15) is 5.10 Å². The van der Waals surface area contributed by atoms with Gasteiger partial charge in [0.15, 0.2) is 23.0 Å². The van der Waals surface area contributed by atoms with E-state index < -0.39 is 0 Å². The average Bonchev–Trinajstić information content (AvgIpc) is 3.46. The van der Waals surface area contributed by atoms with Crippen molar-refractivity contribution in [2.75, 3.05) is 34.5 Å². The van der Waals surface area contributed by atoms with Crippen LogP contribution in [0.3, 0.4) is 0 Å². The zero-order valence-corrected chi connectivity index (χ0v) is 16.6. The molecule has 1 aromatic carbocycles. The van der Waals surface area contributed by atoms with Crippen molar-refractivity contribution in [2.45, 2.75) is 12.5 Å². The van der Waals surface area contributed by atoms with E-state index in [1.165, 1.54) is 0 Å². The van der Waals surface area contributed by atoms with Crippen LogP contribution in [0, 0.1) is 0 Å². The Balaban J connectivity index is 1.82. The van der Waals surface area contributed by atoms with E-state index in [1.54, 1.807) is 33.7 Å². The molecule has 1 N–H and O–H groups in total. The molecule has 0 aliphatic carbocycles. The lowest BCUT2D eigenvalue weighted by Gasteiger charge is -2.26. The normalized spacial score (nSPS) is 15.6. The van der Waals surface area contributed by atoms with Crippen molar-refractivity contribution in [3.8, 4) is 23.0 Å². The smallest absolute Gasteiger partial charge is 0.275 e. The number of carbonyl (C=O) groups is 1. The minimum atomic E-state index is -0.326. The lowest BCUT2D eigenvalue weighted by Crippen LogP contribution is -2.31. The molecule has 1 aliphatic rings. The van der Waals surface area contributed by atoms with Gasteiger partial charge in [-0.15, -0.1) is 0 Å². The largest absolute Gasteiger partial charge is 0.493 e. The number of aromatic nitrogens is 2. The Bertz CT molecular complexity index is 996. The summed E-state index contributed by atoms with van der Waals surface area (Å²) in [6.45, 7) is 1.11. The van der Waals surface area contributed by atoms with Gasteiger partial charge in [0.1, 0.15) is 5.69 Å². The molecular formula is C21H23N3O5. The molecule has 3 aromatic rings. The van der Waals surface area contributed by atoms with E-state index in [0.717, 1.165) is 17.5 Å². The molecular weight excluding hydrogens is 374 g/mol. The highest BCUT2D eigenvalue weighted by Crippen LogP contribution is 2.44. The second-order valence-electron chi connectivity index (χ2n) is 6.70. The van der Waals surface area contributed by atoms with Crippen molar-refractivity contribution in [3.63, 3.8) is 0 Å². The van der Waals surface area contributed by atoms with Gasteiger partial charge in [0, 0.05) is 25.8 Å². The Morgan fingerprint density at radius 2 is 2.00 bits per heavy atom. The quantitative estimate of drug-likeness (QED) is 0.587. The minimum absolute atomic E-state index is 0.120. The number of nitrogens with zero attached hydrogens (tertiary/aromatic N) is 2. The highest BCUT2D eigenvalue weighted by atomic mass is 16.5. The van der Waals surface area contributed by atoms with Gasteiger partial charge in [0.2, 0.25) is 0 Å². The topological polar surface area (TPSA) is 89.8 Å². The van der Waals surface area contributed by atoms with Gasteiger partial charge in [0.05, 0.1) is 26.5 Å². The number of rotatable bonds is 8. The van der Waals surface area contributed by atoms with Gasteiger partial charge in [0.25, 0.3) is 5.91 Å². The summed E-state index contributed by atoms with van der Waals surface area (Å²) >= 11 is 0. The lowest BCUT2D eigenvalue weighted by molar-refractivity contribution is 0.0723. The maximum atomic E-state index is 13.2. The third-order valence-electron chi connectivity index (χ3n) is 5.09. The molecule has 8 heteroatoms. The summed E-state index contributed by atoms with van der Waals surface area (Å²) in [5.74, 6) is 1.75. The predicted octanol–water partition coefficient (Wildman–Crippen LogP) is 3.27. The van der Waals surface area contributed by atoms with Crippen LogP contribution in [-0.4, -0.2) is 55.5 Å². The number of carbonyl (C=O) groups excluding carboxylic acids is 1. The van der Waals surface area contributed by atoms with Crippen molar-refractivity contribution in [1.82, 2.24) is 15.1 Å². The van der Waals surface area contributed by atoms with Crippen molar-refractivity contribution >= 4 is 5.91 Å². The van der Waals surface area contributed by atoms with E-state index in [4.69, 9.17) is 18.6 Å². The van der Waals surface area contributed by atoms with Crippen LogP contribution in [0.5, 0.6) is 11.5 Å². The summed E-state index contributed by atoms with van der Waals surface area (Å²) in [4.78, 5) is 15.0. The van der Waals surface area contributed by atoms with Gasteiger partial charge in [-0.05, 0) is 36.2 Å². The maximum Gasteiger partial charge on any atom is 0.275 e. The number of ether oxygens (including phenoxy) is 3. The van der Waals surface area contributed by atoms with Crippen LogP contribution < -0.4 is 9.47 Å². The summed E-state index contributed by atoms with van der Waals surface area (Å²) in [5.41, 5.74) is 2.82. The first-order valence-corrected chi connectivity index (χ1v) is 9.33. The molecule has 1 aliphatic heterocycles. The van der Waals surface area contributed by atoms with Crippen molar-refractivity contribution in [3.05, 3.63) is 53.4 Å².